The Morgan fingerprint density at radius 1 is 1.12 bits per heavy atom. The first-order valence-electron chi connectivity index (χ1n) is 10.7. The number of aromatic nitrogens is 4. The Kier molecular flexibility index (Phi) is 7.57. The lowest BCUT2D eigenvalue weighted by molar-refractivity contribution is 0.252. The van der Waals surface area contributed by atoms with Gasteiger partial charge in [-0.15, -0.1) is 11.3 Å². The van der Waals surface area contributed by atoms with Gasteiger partial charge in [-0.05, 0) is 56.9 Å². The lowest BCUT2D eigenvalue weighted by Crippen LogP contribution is -2.45. The number of piperazine rings is 1. The maximum absolute atomic E-state index is 11.7. The van der Waals surface area contributed by atoms with E-state index in [4.69, 9.17) is 4.98 Å². The van der Waals surface area contributed by atoms with E-state index < -0.39 is 0 Å². The van der Waals surface area contributed by atoms with Crippen LogP contribution >= 0.6 is 23.1 Å². The second-order valence-corrected chi connectivity index (χ2v) is 9.82. The van der Waals surface area contributed by atoms with Crippen molar-refractivity contribution in [1.82, 2.24) is 30.2 Å². The van der Waals surface area contributed by atoms with Crippen LogP contribution in [-0.2, 0) is 0 Å². The zero-order valence-electron chi connectivity index (χ0n) is 18.8. The molecule has 0 saturated carbocycles. The van der Waals surface area contributed by atoms with Crippen molar-refractivity contribution in [1.29, 1.82) is 0 Å². The number of carbonyl (C=O) groups excluding carboxylic acids is 1. The molecular weight excluding hydrogens is 458 g/mol. The Hall–Kier alpha value is -2.96. The van der Waals surface area contributed by atoms with E-state index in [9.17, 15) is 4.79 Å². The first-order chi connectivity index (χ1) is 16.0. The average molecular weight is 486 g/mol. The predicted octanol–water partition coefficient (Wildman–Crippen LogP) is 3.42. The van der Waals surface area contributed by atoms with Gasteiger partial charge in [0.2, 0.25) is 11.9 Å². The van der Waals surface area contributed by atoms with E-state index in [-0.39, 0.29) is 6.03 Å². The topological polar surface area (TPSA) is 111 Å². The van der Waals surface area contributed by atoms with Crippen molar-refractivity contribution in [2.75, 3.05) is 55.3 Å². The van der Waals surface area contributed by atoms with Crippen LogP contribution in [0.5, 0.6) is 0 Å². The molecule has 1 saturated heterocycles. The number of nitrogens with one attached hydrogen (secondary N) is 3. The fourth-order valence-corrected chi connectivity index (χ4v) is 4.55. The van der Waals surface area contributed by atoms with Crippen LogP contribution in [0.15, 0.2) is 40.5 Å². The van der Waals surface area contributed by atoms with Crippen molar-refractivity contribution in [3.63, 3.8) is 0 Å². The third kappa shape index (κ3) is 6.53. The van der Waals surface area contributed by atoms with E-state index in [1.165, 1.54) is 11.8 Å². The van der Waals surface area contributed by atoms with Gasteiger partial charge in [-0.2, -0.15) is 15.0 Å². The second-order valence-electron chi connectivity index (χ2n) is 7.54. The highest BCUT2D eigenvalue weighted by Crippen LogP contribution is 2.29. The summed E-state index contributed by atoms with van der Waals surface area (Å²) in [5, 5.41) is 10.1. The first kappa shape index (κ1) is 23.2. The maximum atomic E-state index is 11.7. The van der Waals surface area contributed by atoms with Gasteiger partial charge >= 0.3 is 6.03 Å². The van der Waals surface area contributed by atoms with Crippen LogP contribution in [0.2, 0.25) is 0 Å². The van der Waals surface area contributed by atoms with Gasteiger partial charge in [-0.25, -0.2) is 9.78 Å². The zero-order chi connectivity index (χ0) is 23.2. The van der Waals surface area contributed by atoms with Crippen LogP contribution in [0.25, 0.3) is 0 Å². The molecule has 3 heterocycles. The summed E-state index contributed by atoms with van der Waals surface area (Å²) in [7, 11) is 2.12. The number of thiazole rings is 1. The Morgan fingerprint density at radius 2 is 1.88 bits per heavy atom. The number of amides is 2. The molecule has 2 amide bonds. The Morgan fingerprint density at radius 3 is 2.55 bits per heavy atom. The number of rotatable bonds is 7. The lowest BCUT2D eigenvalue weighted by atomic mass is 10.3. The van der Waals surface area contributed by atoms with Crippen molar-refractivity contribution in [3.05, 3.63) is 35.3 Å². The molecule has 12 heteroatoms. The van der Waals surface area contributed by atoms with Gasteiger partial charge in [0.15, 0.2) is 10.3 Å². The molecule has 1 aromatic carbocycles. The molecule has 1 aliphatic heterocycles. The standard InChI is InChI=1S/C21H27N9OS2/c1-4-22-19(31)24-15-5-7-16(8-6-15)33-21-27-17(26-20-23-13-14(2)32-20)25-18(28-21)30-11-9-29(3)10-12-30/h5-8,13H,4,9-12H2,1-3H3,(H2,22,24,31)(H,23,25,26,27,28). The number of nitrogens with zero attached hydrogens (tertiary/aromatic N) is 6. The molecule has 33 heavy (non-hydrogen) atoms. The molecule has 2 aromatic heterocycles. The van der Waals surface area contributed by atoms with Gasteiger partial charge < -0.3 is 20.4 Å². The minimum atomic E-state index is -0.222. The van der Waals surface area contributed by atoms with E-state index in [2.05, 4.69) is 47.7 Å². The highest BCUT2D eigenvalue weighted by Gasteiger charge is 2.19. The summed E-state index contributed by atoms with van der Waals surface area (Å²) in [4.78, 5) is 36.6. The van der Waals surface area contributed by atoms with Crippen LogP contribution in [0.3, 0.4) is 0 Å². The molecule has 0 atom stereocenters. The summed E-state index contributed by atoms with van der Waals surface area (Å²) in [5.41, 5.74) is 0.723. The Bertz CT molecular complexity index is 1080. The van der Waals surface area contributed by atoms with E-state index >= 15 is 0 Å². The normalized spacial score (nSPS) is 14.2. The van der Waals surface area contributed by atoms with Crippen LogP contribution in [0.4, 0.5) is 27.5 Å². The number of carbonyl (C=O) groups is 1. The molecule has 0 spiro atoms. The van der Waals surface area contributed by atoms with Gasteiger partial charge in [0, 0.05) is 54.4 Å². The molecule has 0 aliphatic carbocycles. The smallest absolute Gasteiger partial charge is 0.319 e. The number of hydrogen-bond donors (Lipinski definition) is 3. The van der Waals surface area contributed by atoms with E-state index in [0.717, 1.165) is 46.8 Å². The largest absolute Gasteiger partial charge is 0.338 e. The third-order valence-corrected chi connectivity index (χ3v) is 6.59. The molecule has 0 unspecified atom stereocenters. The summed E-state index contributed by atoms with van der Waals surface area (Å²) in [6.45, 7) is 8.11. The molecule has 4 rings (SSSR count). The summed E-state index contributed by atoms with van der Waals surface area (Å²) < 4.78 is 0. The number of aryl methyl sites for hydroxylation is 1. The average Bonchev–Trinajstić information content (AvgIpc) is 3.20. The third-order valence-electron chi connectivity index (χ3n) is 4.89. The van der Waals surface area contributed by atoms with Gasteiger partial charge in [-0.1, -0.05) is 0 Å². The first-order valence-corrected chi connectivity index (χ1v) is 12.3. The lowest BCUT2D eigenvalue weighted by Gasteiger charge is -2.32. The summed E-state index contributed by atoms with van der Waals surface area (Å²) in [6.07, 6.45) is 1.82. The molecule has 3 aromatic rings. The van der Waals surface area contributed by atoms with Crippen molar-refractivity contribution < 1.29 is 4.79 Å². The summed E-state index contributed by atoms with van der Waals surface area (Å²) >= 11 is 3.00. The van der Waals surface area contributed by atoms with Crippen molar-refractivity contribution >= 4 is 51.8 Å². The van der Waals surface area contributed by atoms with Crippen LogP contribution in [-0.4, -0.2) is 70.6 Å². The minimum Gasteiger partial charge on any atom is -0.338 e. The van der Waals surface area contributed by atoms with Gasteiger partial charge in [0.05, 0.1) is 0 Å². The number of anilines is 4. The molecule has 1 aliphatic rings. The number of hydrogen-bond acceptors (Lipinski definition) is 10. The Labute approximate surface area is 201 Å². The zero-order valence-corrected chi connectivity index (χ0v) is 20.5. The van der Waals surface area contributed by atoms with Gasteiger partial charge in [0.25, 0.3) is 0 Å². The second kappa shape index (κ2) is 10.8. The molecule has 0 bridgehead atoms. The fourth-order valence-electron chi connectivity index (χ4n) is 3.15. The number of benzene rings is 1. The molecule has 10 nitrogen and oxygen atoms in total. The Balaban J connectivity index is 1.53. The van der Waals surface area contributed by atoms with Crippen LogP contribution in [0.1, 0.15) is 11.8 Å². The van der Waals surface area contributed by atoms with Gasteiger partial charge in [0.1, 0.15) is 0 Å². The molecular formula is C21H27N9OS2. The van der Waals surface area contributed by atoms with E-state index in [0.29, 0.717) is 23.6 Å². The summed E-state index contributed by atoms with van der Waals surface area (Å²) in [6, 6.07) is 7.36. The van der Waals surface area contributed by atoms with E-state index in [1.54, 1.807) is 11.3 Å². The molecule has 1 fully saturated rings. The van der Waals surface area contributed by atoms with Crippen molar-refractivity contribution in [2.45, 2.75) is 23.9 Å². The van der Waals surface area contributed by atoms with Gasteiger partial charge in [-0.3, -0.25) is 5.32 Å². The van der Waals surface area contributed by atoms with Crippen LogP contribution < -0.4 is 20.9 Å². The highest BCUT2D eigenvalue weighted by molar-refractivity contribution is 7.99. The highest BCUT2D eigenvalue weighted by atomic mass is 32.2. The monoisotopic (exact) mass is 485 g/mol. The fraction of sp³-hybridized carbons (Fsp3) is 0.381. The van der Waals surface area contributed by atoms with Crippen molar-refractivity contribution in [3.8, 4) is 0 Å². The van der Waals surface area contributed by atoms with E-state index in [1.807, 2.05) is 44.3 Å². The SMILES string of the molecule is CCNC(=O)Nc1ccc(Sc2nc(Nc3ncc(C)s3)nc(N3CCN(C)CC3)n2)cc1. The maximum Gasteiger partial charge on any atom is 0.319 e. The molecule has 3 N–H and O–H groups in total. The minimum absolute atomic E-state index is 0.222. The predicted molar refractivity (Wildman–Crippen MR) is 133 cm³/mol. The molecule has 0 radical (unpaired) electrons. The number of urea groups is 1. The number of likely N-dealkylation sites (N-methyl/N-ethyl adjacent to an activating group) is 1. The van der Waals surface area contributed by atoms with Crippen LogP contribution in [0, 0.1) is 6.92 Å². The van der Waals surface area contributed by atoms with Crippen molar-refractivity contribution in [2.24, 2.45) is 0 Å². The summed E-state index contributed by atoms with van der Waals surface area (Å²) in [5.74, 6) is 1.14. The molecule has 174 valence electrons. The quantitative estimate of drug-likeness (QED) is 0.463.